The third-order valence-electron chi connectivity index (χ3n) is 5.21. The first-order valence-electron chi connectivity index (χ1n) is 9.63. The van der Waals surface area contributed by atoms with E-state index in [2.05, 4.69) is 15.0 Å². The van der Waals surface area contributed by atoms with E-state index in [1.54, 1.807) is 25.1 Å². The van der Waals surface area contributed by atoms with Gasteiger partial charge in [-0.2, -0.15) is 0 Å². The van der Waals surface area contributed by atoms with Gasteiger partial charge in [0.05, 0.1) is 12.2 Å². The third kappa shape index (κ3) is 3.87. The van der Waals surface area contributed by atoms with Gasteiger partial charge in [0.2, 0.25) is 5.96 Å². The van der Waals surface area contributed by atoms with Crippen LogP contribution in [-0.4, -0.2) is 20.9 Å². The number of anilines is 1. The average molecular weight is 434 g/mol. The molecule has 0 spiro atoms. The second-order valence-corrected chi connectivity index (χ2v) is 8.88. The summed E-state index contributed by atoms with van der Waals surface area (Å²) >= 11 is 0. The predicted octanol–water partition coefficient (Wildman–Crippen LogP) is 4.94. The van der Waals surface area contributed by atoms with E-state index in [1.807, 2.05) is 18.2 Å². The SMILES string of the molecule is C[C@@H](c1ccccc1F)c1c(F)ccc2c1NC(=NCC1=CCCC=C1)NS2(=O)=O.[HH].[HH]. The lowest BCUT2D eigenvalue weighted by atomic mass is 9.91. The molecule has 2 aliphatic rings. The number of fused-ring (bicyclic) bond motifs is 1. The zero-order chi connectivity index (χ0) is 21.3. The minimum Gasteiger partial charge on any atom is -0.324 e. The van der Waals surface area contributed by atoms with Crippen LogP contribution in [0.15, 0.2) is 70.1 Å². The fourth-order valence-electron chi connectivity index (χ4n) is 3.69. The highest BCUT2D eigenvalue weighted by Crippen LogP contribution is 2.38. The quantitative estimate of drug-likeness (QED) is 0.717. The number of rotatable bonds is 4. The van der Waals surface area contributed by atoms with E-state index in [4.69, 9.17) is 0 Å². The number of aliphatic imine (C=N–C) groups is 1. The van der Waals surface area contributed by atoms with Gasteiger partial charge in [0.15, 0.2) is 0 Å². The number of nitrogens with one attached hydrogen (secondary N) is 2. The van der Waals surface area contributed by atoms with Gasteiger partial charge in [-0.15, -0.1) is 0 Å². The van der Waals surface area contributed by atoms with Gasteiger partial charge in [-0.1, -0.05) is 43.4 Å². The predicted molar refractivity (Wildman–Crippen MR) is 117 cm³/mol. The number of guanidine groups is 1. The highest BCUT2D eigenvalue weighted by atomic mass is 32.2. The zero-order valence-electron chi connectivity index (χ0n) is 16.3. The second-order valence-electron chi connectivity index (χ2n) is 7.23. The summed E-state index contributed by atoms with van der Waals surface area (Å²) in [6, 6.07) is 8.35. The average Bonchev–Trinajstić information content (AvgIpc) is 2.72. The van der Waals surface area contributed by atoms with Gasteiger partial charge in [-0.05, 0) is 42.2 Å². The molecule has 0 saturated carbocycles. The zero-order valence-corrected chi connectivity index (χ0v) is 17.1. The molecule has 1 aliphatic heterocycles. The van der Waals surface area contributed by atoms with Crippen molar-refractivity contribution in [2.75, 3.05) is 11.9 Å². The summed E-state index contributed by atoms with van der Waals surface area (Å²) in [5, 5.41) is 2.92. The first-order chi connectivity index (χ1) is 14.4. The molecule has 1 atom stereocenters. The maximum atomic E-state index is 14.9. The number of benzene rings is 2. The van der Waals surface area contributed by atoms with Crippen molar-refractivity contribution >= 4 is 21.7 Å². The van der Waals surface area contributed by atoms with Crippen LogP contribution in [0, 0.1) is 11.6 Å². The lowest BCUT2D eigenvalue weighted by Gasteiger charge is -2.26. The molecule has 8 heteroatoms. The fourth-order valence-corrected chi connectivity index (χ4v) is 4.84. The van der Waals surface area contributed by atoms with Crippen molar-refractivity contribution in [1.82, 2.24) is 4.72 Å². The molecule has 2 N–H and O–H groups in total. The molecule has 160 valence electrons. The minimum atomic E-state index is -3.95. The molecule has 1 heterocycles. The van der Waals surface area contributed by atoms with E-state index in [9.17, 15) is 17.2 Å². The molecule has 5 nitrogen and oxygen atoms in total. The molecule has 0 amide bonds. The fraction of sp³-hybridized carbons (Fsp3) is 0.227. The van der Waals surface area contributed by atoms with E-state index < -0.39 is 27.6 Å². The van der Waals surface area contributed by atoms with Gasteiger partial charge < -0.3 is 5.32 Å². The Morgan fingerprint density at radius 3 is 2.67 bits per heavy atom. The summed E-state index contributed by atoms with van der Waals surface area (Å²) in [5.74, 6) is -1.81. The summed E-state index contributed by atoms with van der Waals surface area (Å²) in [5.41, 5.74) is 1.40. The van der Waals surface area contributed by atoms with E-state index in [-0.39, 0.29) is 37.1 Å². The van der Waals surface area contributed by atoms with Gasteiger partial charge >= 0.3 is 0 Å². The van der Waals surface area contributed by atoms with Crippen molar-refractivity contribution < 1.29 is 20.1 Å². The van der Waals surface area contributed by atoms with Crippen LogP contribution in [0.1, 0.15) is 39.7 Å². The molecule has 2 aromatic rings. The Morgan fingerprint density at radius 2 is 1.93 bits per heavy atom. The molecule has 0 fully saturated rings. The second kappa shape index (κ2) is 8.02. The number of hydrogen-bond acceptors (Lipinski definition) is 3. The third-order valence-corrected chi connectivity index (χ3v) is 6.60. The van der Waals surface area contributed by atoms with Crippen LogP contribution >= 0.6 is 0 Å². The summed E-state index contributed by atoms with van der Waals surface area (Å²) in [4.78, 5) is 4.22. The summed E-state index contributed by atoms with van der Waals surface area (Å²) in [7, 11) is -3.95. The molecule has 0 saturated heterocycles. The Labute approximate surface area is 177 Å². The molecule has 4 rings (SSSR count). The monoisotopic (exact) mass is 433 g/mol. The van der Waals surface area contributed by atoms with Crippen molar-refractivity contribution in [3.8, 4) is 0 Å². The molecule has 30 heavy (non-hydrogen) atoms. The minimum absolute atomic E-state index is 0. The van der Waals surface area contributed by atoms with Crippen LogP contribution in [0.2, 0.25) is 0 Å². The Balaban J connectivity index is 0.00000181. The molecule has 1 aliphatic carbocycles. The van der Waals surface area contributed by atoms with Crippen LogP contribution in [0.3, 0.4) is 0 Å². The lowest BCUT2D eigenvalue weighted by molar-refractivity contribution is 0.577. The Bertz CT molecular complexity index is 1200. The summed E-state index contributed by atoms with van der Waals surface area (Å²) in [6.07, 6.45) is 7.90. The molecule has 0 unspecified atom stereocenters. The molecule has 0 bridgehead atoms. The number of halogens is 2. The Morgan fingerprint density at radius 1 is 1.13 bits per heavy atom. The van der Waals surface area contributed by atoms with Crippen molar-refractivity contribution in [2.45, 2.75) is 30.6 Å². The molecular formula is C22H25F2N3O2S. The highest BCUT2D eigenvalue weighted by Gasteiger charge is 2.32. The Kier molecular flexibility index (Phi) is 5.42. The lowest BCUT2D eigenvalue weighted by Crippen LogP contribution is -2.41. The maximum Gasteiger partial charge on any atom is 0.266 e. The van der Waals surface area contributed by atoms with Gasteiger partial charge in [-0.3, -0.25) is 0 Å². The van der Waals surface area contributed by atoms with Crippen molar-refractivity contribution in [2.24, 2.45) is 4.99 Å². The van der Waals surface area contributed by atoms with Gasteiger partial charge in [0, 0.05) is 14.3 Å². The van der Waals surface area contributed by atoms with Crippen molar-refractivity contribution in [3.63, 3.8) is 0 Å². The topological polar surface area (TPSA) is 70.6 Å². The smallest absolute Gasteiger partial charge is 0.266 e. The molecule has 2 aromatic carbocycles. The van der Waals surface area contributed by atoms with E-state index >= 15 is 0 Å². The van der Waals surface area contributed by atoms with Gasteiger partial charge in [0.1, 0.15) is 16.5 Å². The number of nitrogens with zero attached hydrogens (tertiary/aromatic N) is 1. The van der Waals surface area contributed by atoms with E-state index in [1.165, 1.54) is 12.1 Å². The number of sulfonamides is 1. The summed E-state index contributed by atoms with van der Waals surface area (Å²) in [6.45, 7) is 1.92. The standard InChI is InChI=1S/C22H21F2N3O2S.2H2/c1-14(16-9-5-6-10-17(16)23)20-18(24)11-12-19-21(20)26-22(27-30(19,28)29)25-13-15-7-3-2-4-8-15;;/h3,5-12,14H,2,4,13H2,1H3,(H2,25,26,27);2*1H/t14-;;/m0../s1. The number of allylic oxidation sites excluding steroid dienone is 2. The normalized spacial score (nSPS) is 19.4. The largest absolute Gasteiger partial charge is 0.324 e. The van der Waals surface area contributed by atoms with Crippen molar-refractivity contribution in [1.29, 1.82) is 0 Å². The van der Waals surface area contributed by atoms with Gasteiger partial charge in [-0.25, -0.2) is 26.9 Å². The first-order valence-corrected chi connectivity index (χ1v) is 11.1. The maximum absolute atomic E-state index is 14.9. The van der Waals surface area contributed by atoms with Crippen LogP contribution in [0.4, 0.5) is 14.5 Å². The summed E-state index contributed by atoms with van der Waals surface area (Å²) < 4.78 is 57.1. The van der Waals surface area contributed by atoms with E-state index in [0.29, 0.717) is 0 Å². The van der Waals surface area contributed by atoms with Crippen LogP contribution in [-0.2, 0) is 10.0 Å². The molecule has 0 aromatic heterocycles. The van der Waals surface area contributed by atoms with Gasteiger partial charge in [0.25, 0.3) is 10.0 Å². The Hall–Kier alpha value is -3.00. The molecule has 0 radical (unpaired) electrons. The van der Waals surface area contributed by atoms with Crippen LogP contribution in [0.5, 0.6) is 0 Å². The first kappa shape index (κ1) is 20.3. The van der Waals surface area contributed by atoms with Crippen LogP contribution in [0.25, 0.3) is 0 Å². The van der Waals surface area contributed by atoms with E-state index in [0.717, 1.165) is 24.5 Å². The van der Waals surface area contributed by atoms with Crippen LogP contribution < -0.4 is 10.0 Å². The van der Waals surface area contributed by atoms with Crippen molar-refractivity contribution in [3.05, 3.63) is 83.0 Å². The highest BCUT2D eigenvalue weighted by molar-refractivity contribution is 7.90. The molecular weight excluding hydrogens is 408 g/mol. The number of hydrogen-bond donors (Lipinski definition) is 2.